The van der Waals surface area contributed by atoms with Crippen molar-refractivity contribution in [2.75, 3.05) is 12.0 Å². The van der Waals surface area contributed by atoms with Crippen LogP contribution in [0.5, 0.6) is 0 Å². The lowest BCUT2D eigenvalue weighted by atomic mass is 10.3. The Balaban J connectivity index is 3.01. The first kappa shape index (κ1) is 10.2. The molecule has 2 amide bonds. The van der Waals surface area contributed by atoms with Crippen LogP contribution >= 0.6 is 0 Å². The van der Waals surface area contributed by atoms with Crippen LogP contribution in [0.1, 0.15) is 6.92 Å². The zero-order chi connectivity index (χ0) is 10.6. The van der Waals surface area contributed by atoms with Gasteiger partial charge in [-0.25, -0.2) is 9.69 Å². The quantitative estimate of drug-likeness (QED) is 0.683. The predicted molar refractivity (Wildman–Crippen MR) is 52.0 cm³/mol. The van der Waals surface area contributed by atoms with E-state index in [1.54, 1.807) is 30.3 Å². The van der Waals surface area contributed by atoms with Gasteiger partial charge in [-0.3, -0.25) is 4.79 Å². The molecule has 0 aliphatic heterocycles. The highest BCUT2D eigenvalue weighted by atomic mass is 16.5. The lowest BCUT2D eigenvalue weighted by molar-refractivity contribution is -0.116. The minimum Gasteiger partial charge on any atom is -0.452 e. The SMILES string of the molecule is COC(=O)N(C(C)=O)c1ccccc1. The largest absolute Gasteiger partial charge is 0.452 e. The number of benzene rings is 1. The summed E-state index contributed by atoms with van der Waals surface area (Å²) in [6.45, 7) is 1.31. The van der Waals surface area contributed by atoms with E-state index in [0.717, 1.165) is 4.90 Å². The number of para-hydroxylation sites is 1. The fourth-order valence-corrected chi connectivity index (χ4v) is 1.08. The highest BCUT2D eigenvalue weighted by Crippen LogP contribution is 2.14. The zero-order valence-electron chi connectivity index (χ0n) is 8.06. The van der Waals surface area contributed by atoms with E-state index in [0.29, 0.717) is 5.69 Å². The van der Waals surface area contributed by atoms with Crippen molar-refractivity contribution < 1.29 is 14.3 Å². The van der Waals surface area contributed by atoms with Gasteiger partial charge < -0.3 is 4.74 Å². The van der Waals surface area contributed by atoms with Gasteiger partial charge in [0.05, 0.1) is 12.8 Å². The average molecular weight is 193 g/mol. The van der Waals surface area contributed by atoms with Crippen LogP contribution in [0.4, 0.5) is 10.5 Å². The van der Waals surface area contributed by atoms with Crippen LogP contribution in [-0.2, 0) is 9.53 Å². The number of ether oxygens (including phenoxy) is 1. The standard InChI is InChI=1S/C10H11NO3/c1-8(12)11(10(13)14-2)9-6-4-3-5-7-9/h3-7H,1-2H3. The summed E-state index contributed by atoms with van der Waals surface area (Å²) in [5.41, 5.74) is 0.506. The molecule has 0 spiro atoms. The molecule has 0 aromatic heterocycles. The first-order chi connectivity index (χ1) is 6.66. The summed E-state index contributed by atoms with van der Waals surface area (Å²) >= 11 is 0. The second kappa shape index (κ2) is 4.41. The van der Waals surface area contributed by atoms with Crippen molar-refractivity contribution >= 4 is 17.7 Å². The molecule has 0 saturated heterocycles. The minimum atomic E-state index is -0.677. The number of imide groups is 1. The maximum absolute atomic E-state index is 11.2. The van der Waals surface area contributed by atoms with Gasteiger partial charge in [-0.15, -0.1) is 0 Å². The van der Waals surface area contributed by atoms with E-state index in [9.17, 15) is 9.59 Å². The van der Waals surface area contributed by atoms with Crippen LogP contribution in [0, 0.1) is 0 Å². The maximum atomic E-state index is 11.2. The molecule has 1 rings (SSSR count). The van der Waals surface area contributed by atoms with Gasteiger partial charge in [-0.05, 0) is 12.1 Å². The van der Waals surface area contributed by atoms with Gasteiger partial charge in [0.1, 0.15) is 0 Å². The molecule has 0 bridgehead atoms. The van der Waals surface area contributed by atoms with Crippen LogP contribution < -0.4 is 4.90 Å². The molecular weight excluding hydrogens is 182 g/mol. The number of amides is 2. The molecule has 0 aliphatic rings. The molecule has 4 heteroatoms. The number of anilines is 1. The van der Waals surface area contributed by atoms with Crippen molar-refractivity contribution in [3.8, 4) is 0 Å². The first-order valence-electron chi connectivity index (χ1n) is 4.10. The van der Waals surface area contributed by atoms with E-state index in [1.807, 2.05) is 0 Å². The molecule has 0 unspecified atom stereocenters. The second-order valence-corrected chi connectivity index (χ2v) is 2.66. The first-order valence-corrected chi connectivity index (χ1v) is 4.10. The minimum absolute atomic E-state index is 0.372. The van der Waals surface area contributed by atoms with E-state index in [2.05, 4.69) is 4.74 Å². The fourth-order valence-electron chi connectivity index (χ4n) is 1.08. The van der Waals surface area contributed by atoms with E-state index < -0.39 is 6.09 Å². The Hall–Kier alpha value is -1.84. The van der Waals surface area contributed by atoms with Crippen LogP contribution in [0.2, 0.25) is 0 Å². The second-order valence-electron chi connectivity index (χ2n) is 2.66. The number of carbonyl (C=O) groups excluding carboxylic acids is 2. The Morgan fingerprint density at radius 2 is 1.79 bits per heavy atom. The summed E-state index contributed by atoms with van der Waals surface area (Å²) in [6, 6.07) is 8.62. The summed E-state index contributed by atoms with van der Waals surface area (Å²) in [5.74, 6) is -0.372. The summed E-state index contributed by atoms with van der Waals surface area (Å²) in [4.78, 5) is 23.4. The molecule has 0 radical (unpaired) electrons. The number of nitrogens with zero attached hydrogens (tertiary/aromatic N) is 1. The average Bonchev–Trinajstić information content (AvgIpc) is 2.19. The van der Waals surface area contributed by atoms with Crippen LogP contribution in [0.3, 0.4) is 0 Å². The van der Waals surface area contributed by atoms with Gasteiger partial charge in [0.2, 0.25) is 5.91 Å². The predicted octanol–water partition coefficient (Wildman–Crippen LogP) is 1.81. The smallest absolute Gasteiger partial charge is 0.420 e. The Kier molecular flexibility index (Phi) is 3.23. The van der Waals surface area contributed by atoms with Crippen LogP contribution in [0.25, 0.3) is 0 Å². The van der Waals surface area contributed by atoms with Crippen molar-refractivity contribution in [2.45, 2.75) is 6.92 Å². The van der Waals surface area contributed by atoms with Crippen molar-refractivity contribution in [3.63, 3.8) is 0 Å². The fraction of sp³-hybridized carbons (Fsp3) is 0.200. The monoisotopic (exact) mass is 193 g/mol. The van der Waals surface area contributed by atoms with E-state index >= 15 is 0 Å². The van der Waals surface area contributed by atoms with E-state index in [-0.39, 0.29) is 5.91 Å². The molecule has 0 N–H and O–H groups in total. The third-order valence-electron chi connectivity index (χ3n) is 1.69. The highest BCUT2D eigenvalue weighted by molar-refractivity contribution is 6.11. The van der Waals surface area contributed by atoms with Crippen molar-refractivity contribution in [1.82, 2.24) is 0 Å². The summed E-state index contributed by atoms with van der Waals surface area (Å²) in [7, 11) is 1.24. The topological polar surface area (TPSA) is 46.6 Å². The molecule has 74 valence electrons. The van der Waals surface area contributed by atoms with Crippen molar-refractivity contribution in [1.29, 1.82) is 0 Å². The molecule has 0 fully saturated rings. The number of hydrogen-bond acceptors (Lipinski definition) is 3. The molecular formula is C10H11NO3. The van der Waals surface area contributed by atoms with Crippen molar-refractivity contribution in [2.24, 2.45) is 0 Å². The third kappa shape index (κ3) is 2.10. The van der Waals surface area contributed by atoms with E-state index in [4.69, 9.17) is 0 Å². The summed E-state index contributed by atoms with van der Waals surface area (Å²) in [5, 5.41) is 0. The lowest BCUT2D eigenvalue weighted by Gasteiger charge is -2.16. The van der Waals surface area contributed by atoms with Gasteiger partial charge in [-0.1, -0.05) is 18.2 Å². The molecule has 0 aliphatic carbocycles. The van der Waals surface area contributed by atoms with Crippen LogP contribution in [-0.4, -0.2) is 19.1 Å². The van der Waals surface area contributed by atoms with Gasteiger partial charge in [-0.2, -0.15) is 0 Å². The van der Waals surface area contributed by atoms with E-state index in [1.165, 1.54) is 14.0 Å². The van der Waals surface area contributed by atoms with Gasteiger partial charge in [0, 0.05) is 6.92 Å². The van der Waals surface area contributed by atoms with Gasteiger partial charge in [0.25, 0.3) is 0 Å². The summed E-state index contributed by atoms with van der Waals surface area (Å²) in [6.07, 6.45) is -0.677. The third-order valence-corrected chi connectivity index (χ3v) is 1.69. The van der Waals surface area contributed by atoms with Crippen molar-refractivity contribution in [3.05, 3.63) is 30.3 Å². The molecule has 4 nitrogen and oxygen atoms in total. The normalized spacial score (nSPS) is 9.29. The molecule has 0 saturated carbocycles. The number of methoxy groups -OCH3 is 1. The molecule has 1 aromatic rings. The van der Waals surface area contributed by atoms with Gasteiger partial charge >= 0.3 is 6.09 Å². The maximum Gasteiger partial charge on any atom is 0.420 e. The Morgan fingerprint density at radius 1 is 1.21 bits per heavy atom. The highest BCUT2D eigenvalue weighted by Gasteiger charge is 2.19. The summed E-state index contributed by atoms with van der Waals surface area (Å²) < 4.78 is 4.49. The number of rotatable bonds is 1. The Morgan fingerprint density at radius 3 is 2.21 bits per heavy atom. The molecule has 0 heterocycles. The Labute approximate surface area is 82.1 Å². The zero-order valence-corrected chi connectivity index (χ0v) is 8.06. The molecule has 14 heavy (non-hydrogen) atoms. The van der Waals surface area contributed by atoms with Gasteiger partial charge in [0.15, 0.2) is 0 Å². The molecule has 1 aromatic carbocycles. The number of carbonyl (C=O) groups is 2. The number of hydrogen-bond donors (Lipinski definition) is 0. The Bertz CT molecular complexity index is 334. The molecule has 0 atom stereocenters. The van der Waals surface area contributed by atoms with Crippen LogP contribution in [0.15, 0.2) is 30.3 Å². The lowest BCUT2D eigenvalue weighted by Crippen LogP contribution is -2.34.